The number of benzene rings is 2. The van der Waals surface area contributed by atoms with Crippen LogP contribution in [0.25, 0.3) is 0 Å². The Kier molecular flexibility index (Phi) is 6.25. The van der Waals surface area contributed by atoms with Crippen molar-refractivity contribution >= 4 is 23.6 Å². The molecule has 3 rings (SSSR count). The van der Waals surface area contributed by atoms with Crippen LogP contribution in [0, 0.1) is 23.6 Å². The molecule has 0 amide bonds. The predicted octanol–water partition coefficient (Wildman–Crippen LogP) is 5.19. The number of carbonyl (C=O) groups is 1. The lowest BCUT2D eigenvalue weighted by Gasteiger charge is -2.11. The van der Waals surface area contributed by atoms with Crippen molar-refractivity contribution in [2.24, 2.45) is 5.92 Å². The maximum absolute atomic E-state index is 14.3. The van der Waals surface area contributed by atoms with Crippen LogP contribution in [0.1, 0.15) is 41.6 Å². The average Bonchev–Trinajstić information content (AvgIpc) is 3.19. The van der Waals surface area contributed by atoms with E-state index in [2.05, 4.69) is 16.6 Å². The van der Waals surface area contributed by atoms with Crippen molar-refractivity contribution in [1.82, 2.24) is 0 Å². The highest BCUT2D eigenvalue weighted by Crippen LogP contribution is 2.31. The molecular weight excluding hydrogens is 365 g/mol. The molecule has 6 heteroatoms. The number of hydrogen-bond acceptors (Lipinski definition) is 4. The molecule has 1 fully saturated rings. The Bertz CT molecular complexity index is 898. The van der Waals surface area contributed by atoms with Crippen molar-refractivity contribution in [1.29, 1.82) is 0 Å². The summed E-state index contributed by atoms with van der Waals surface area (Å²) in [6.45, 7) is 0. The Morgan fingerprint density at radius 2 is 2.04 bits per heavy atom. The molecule has 0 bridgehead atoms. The second-order valence-electron chi connectivity index (χ2n) is 6.32. The van der Waals surface area contributed by atoms with Crippen molar-refractivity contribution in [2.45, 2.75) is 30.6 Å². The molecule has 0 aromatic heterocycles. The predicted molar refractivity (Wildman–Crippen MR) is 105 cm³/mol. The number of nitrogens with one attached hydrogen (secondary N) is 1. The lowest BCUT2D eigenvalue weighted by molar-refractivity contribution is 0.0696. The van der Waals surface area contributed by atoms with Gasteiger partial charge in [0.15, 0.2) is 0 Å². The molecular formula is C21H20FNO3S. The molecule has 0 atom stereocenters. The number of hydrogen-bond donors (Lipinski definition) is 2. The van der Waals surface area contributed by atoms with E-state index < -0.39 is 5.97 Å². The van der Waals surface area contributed by atoms with E-state index in [0.29, 0.717) is 27.8 Å². The van der Waals surface area contributed by atoms with Crippen LogP contribution < -0.4 is 9.46 Å². The standard InChI is InChI=1S/C21H20FNO3S/c1-26-20-12-16(21(24)25)9-11-19(20)23-27-17-10-8-15(18(22)13-17)7-6-14-4-2-3-5-14/h8-14,23H,2-5H2,1H3,(H,24,25). The molecule has 140 valence electrons. The van der Waals surface area contributed by atoms with Crippen molar-refractivity contribution in [3.05, 3.63) is 53.3 Å². The largest absolute Gasteiger partial charge is 0.495 e. The molecule has 1 aliphatic carbocycles. The second-order valence-corrected chi connectivity index (χ2v) is 7.20. The molecule has 0 unspecified atom stereocenters. The molecule has 0 heterocycles. The molecule has 0 aliphatic heterocycles. The third-order valence-corrected chi connectivity index (χ3v) is 5.25. The summed E-state index contributed by atoms with van der Waals surface area (Å²) in [6, 6.07) is 9.47. The maximum Gasteiger partial charge on any atom is 0.335 e. The Morgan fingerprint density at radius 1 is 1.26 bits per heavy atom. The van der Waals surface area contributed by atoms with Crippen molar-refractivity contribution < 1.29 is 19.0 Å². The van der Waals surface area contributed by atoms with Gasteiger partial charge in [-0.3, -0.25) is 0 Å². The molecule has 2 N–H and O–H groups in total. The Balaban J connectivity index is 1.68. The van der Waals surface area contributed by atoms with Gasteiger partial charge in [0.25, 0.3) is 0 Å². The minimum Gasteiger partial charge on any atom is -0.495 e. The first-order valence-electron chi connectivity index (χ1n) is 8.72. The summed E-state index contributed by atoms with van der Waals surface area (Å²) in [4.78, 5) is 11.7. The van der Waals surface area contributed by atoms with E-state index in [1.54, 1.807) is 18.2 Å². The summed E-state index contributed by atoms with van der Waals surface area (Å²) in [6.07, 6.45) is 4.63. The van der Waals surface area contributed by atoms with Gasteiger partial charge in [-0.2, -0.15) is 0 Å². The molecule has 1 aliphatic rings. The zero-order valence-corrected chi connectivity index (χ0v) is 15.7. The summed E-state index contributed by atoms with van der Waals surface area (Å²) < 4.78 is 22.6. The van der Waals surface area contributed by atoms with E-state index in [1.165, 1.54) is 50.1 Å². The zero-order chi connectivity index (χ0) is 19.2. The fourth-order valence-electron chi connectivity index (χ4n) is 2.93. The zero-order valence-electron chi connectivity index (χ0n) is 14.9. The molecule has 2 aromatic rings. The smallest absolute Gasteiger partial charge is 0.335 e. The quantitative estimate of drug-likeness (QED) is 0.548. The van der Waals surface area contributed by atoms with Gasteiger partial charge in [0.1, 0.15) is 11.6 Å². The van der Waals surface area contributed by atoms with Crippen LogP contribution in [0.2, 0.25) is 0 Å². The van der Waals surface area contributed by atoms with E-state index in [-0.39, 0.29) is 11.4 Å². The monoisotopic (exact) mass is 385 g/mol. The molecule has 27 heavy (non-hydrogen) atoms. The number of aromatic carboxylic acids is 1. The Morgan fingerprint density at radius 3 is 2.70 bits per heavy atom. The summed E-state index contributed by atoms with van der Waals surface area (Å²) >= 11 is 1.22. The highest BCUT2D eigenvalue weighted by atomic mass is 32.2. The van der Waals surface area contributed by atoms with E-state index in [4.69, 9.17) is 9.84 Å². The van der Waals surface area contributed by atoms with Crippen molar-refractivity contribution in [2.75, 3.05) is 11.8 Å². The fourth-order valence-corrected chi connectivity index (χ4v) is 3.63. The van der Waals surface area contributed by atoms with E-state index >= 15 is 0 Å². The molecule has 1 saturated carbocycles. The summed E-state index contributed by atoms with van der Waals surface area (Å²) in [5.41, 5.74) is 1.16. The number of anilines is 1. The van der Waals surface area contributed by atoms with Gasteiger partial charge in [-0.15, -0.1) is 0 Å². The van der Waals surface area contributed by atoms with Crippen LogP contribution >= 0.6 is 11.9 Å². The number of carboxylic acid groups (broad SMARTS) is 1. The minimum absolute atomic E-state index is 0.138. The number of halogens is 1. The van der Waals surface area contributed by atoms with Crippen LogP contribution in [0.4, 0.5) is 10.1 Å². The van der Waals surface area contributed by atoms with Crippen LogP contribution in [0.5, 0.6) is 5.75 Å². The van der Waals surface area contributed by atoms with E-state index in [9.17, 15) is 9.18 Å². The fraction of sp³-hybridized carbons (Fsp3) is 0.286. The SMILES string of the molecule is COc1cc(C(=O)O)ccc1NSc1ccc(C#CC2CCCC2)c(F)c1. The minimum atomic E-state index is -1.02. The molecule has 4 nitrogen and oxygen atoms in total. The van der Waals surface area contributed by atoms with Gasteiger partial charge in [-0.25, -0.2) is 9.18 Å². The lowest BCUT2D eigenvalue weighted by Crippen LogP contribution is -1.99. The second kappa shape index (κ2) is 8.83. The highest BCUT2D eigenvalue weighted by molar-refractivity contribution is 8.00. The summed E-state index contributed by atoms with van der Waals surface area (Å²) in [7, 11) is 1.47. The maximum atomic E-state index is 14.3. The highest BCUT2D eigenvalue weighted by Gasteiger charge is 2.12. The number of rotatable bonds is 5. The van der Waals surface area contributed by atoms with Crippen LogP contribution in [-0.4, -0.2) is 18.2 Å². The molecule has 0 saturated heterocycles. The summed E-state index contributed by atoms with van der Waals surface area (Å²) in [5, 5.41) is 9.04. The van der Waals surface area contributed by atoms with Gasteiger partial charge < -0.3 is 14.6 Å². The van der Waals surface area contributed by atoms with Crippen LogP contribution in [-0.2, 0) is 0 Å². The first kappa shape index (κ1) is 19.1. The van der Waals surface area contributed by atoms with Gasteiger partial charge in [0.2, 0.25) is 0 Å². The molecule has 2 aromatic carbocycles. The Hall–Kier alpha value is -2.65. The average molecular weight is 385 g/mol. The number of carboxylic acids is 1. The van der Waals surface area contributed by atoms with Gasteiger partial charge in [0.05, 0.1) is 23.9 Å². The van der Waals surface area contributed by atoms with Gasteiger partial charge in [-0.05, 0) is 61.2 Å². The third-order valence-electron chi connectivity index (χ3n) is 4.43. The Labute approximate surface area is 162 Å². The topological polar surface area (TPSA) is 58.6 Å². The first-order chi connectivity index (χ1) is 13.1. The van der Waals surface area contributed by atoms with Gasteiger partial charge >= 0.3 is 5.97 Å². The third kappa shape index (κ3) is 4.95. The van der Waals surface area contributed by atoms with E-state index in [1.807, 2.05) is 0 Å². The van der Waals surface area contributed by atoms with Gasteiger partial charge in [-0.1, -0.05) is 24.7 Å². The summed E-state index contributed by atoms with van der Waals surface area (Å²) in [5.74, 6) is 5.55. The lowest BCUT2D eigenvalue weighted by atomic mass is 10.1. The van der Waals surface area contributed by atoms with Gasteiger partial charge in [0, 0.05) is 10.8 Å². The van der Waals surface area contributed by atoms with Crippen LogP contribution in [0.3, 0.4) is 0 Å². The molecule has 0 spiro atoms. The normalized spacial score (nSPS) is 13.7. The van der Waals surface area contributed by atoms with Crippen molar-refractivity contribution in [3.63, 3.8) is 0 Å². The molecule has 0 radical (unpaired) electrons. The number of ether oxygens (including phenoxy) is 1. The number of methoxy groups -OCH3 is 1. The van der Waals surface area contributed by atoms with E-state index in [0.717, 1.165) is 12.8 Å². The van der Waals surface area contributed by atoms with Crippen molar-refractivity contribution in [3.8, 4) is 17.6 Å². The van der Waals surface area contributed by atoms with Crippen LogP contribution in [0.15, 0.2) is 41.3 Å². The first-order valence-corrected chi connectivity index (χ1v) is 9.54.